The molecule has 28 heavy (non-hydrogen) atoms. The number of rotatable bonds is 5. The topological polar surface area (TPSA) is 65.1 Å². The summed E-state index contributed by atoms with van der Waals surface area (Å²) in [5.74, 6) is -0.315. The van der Waals surface area contributed by atoms with Crippen LogP contribution in [0.15, 0.2) is 24.3 Å². The van der Waals surface area contributed by atoms with Gasteiger partial charge in [0.25, 0.3) is 0 Å². The Hall–Kier alpha value is -2.08. The number of methoxy groups -OCH3 is 1. The van der Waals surface area contributed by atoms with E-state index in [0.29, 0.717) is 29.9 Å². The molecule has 3 saturated heterocycles. The fraction of sp³-hybridized carbons (Fsp3) is 0.636. The van der Waals surface area contributed by atoms with E-state index in [2.05, 4.69) is 4.90 Å². The fourth-order valence-corrected chi connectivity index (χ4v) is 5.01. The van der Waals surface area contributed by atoms with Crippen molar-refractivity contribution >= 4 is 11.9 Å². The molecule has 6 heteroatoms. The zero-order chi connectivity index (χ0) is 19.5. The Balaban J connectivity index is 1.42. The minimum atomic E-state index is -0.645. The van der Waals surface area contributed by atoms with Crippen molar-refractivity contribution < 1.29 is 23.8 Å². The lowest BCUT2D eigenvalue weighted by molar-refractivity contribution is -0.153. The number of para-hydroxylation sites is 1. The lowest BCUT2D eigenvalue weighted by Crippen LogP contribution is -2.49. The van der Waals surface area contributed by atoms with Gasteiger partial charge >= 0.3 is 11.9 Å². The molecule has 4 atom stereocenters. The predicted octanol–water partition coefficient (Wildman–Crippen LogP) is 3.11. The molecule has 0 N–H and O–H groups in total. The summed E-state index contributed by atoms with van der Waals surface area (Å²) in [5.41, 5.74) is 0.717. The van der Waals surface area contributed by atoms with Crippen LogP contribution in [0.2, 0.25) is 0 Å². The second kappa shape index (κ2) is 8.52. The van der Waals surface area contributed by atoms with Gasteiger partial charge in [-0.2, -0.15) is 0 Å². The predicted molar refractivity (Wildman–Crippen MR) is 103 cm³/mol. The van der Waals surface area contributed by atoms with Crippen LogP contribution in [0.25, 0.3) is 0 Å². The molecular weight excluding hydrogens is 358 g/mol. The number of hydrogen-bond acceptors (Lipinski definition) is 6. The first kappa shape index (κ1) is 19.2. The zero-order valence-corrected chi connectivity index (χ0v) is 16.5. The highest BCUT2D eigenvalue weighted by atomic mass is 16.6. The highest BCUT2D eigenvalue weighted by molar-refractivity contribution is 5.84. The van der Waals surface area contributed by atoms with E-state index >= 15 is 0 Å². The van der Waals surface area contributed by atoms with E-state index in [0.717, 1.165) is 25.9 Å². The maximum atomic E-state index is 12.9. The SMILES string of the molecule is COc1ccccc1[C@@H]1OC(=O)C[C@@H]1C(=O)OC[C@H]1CCCN2CCCC[C@H]12. The van der Waals surface area contributed by atoms with E-state index < -0.39 is 12.0 Å². The summed E-state index contributed by atoms with van der Waals surface area (Å²) in [6, 6.07) is 7.88. The molecule has 0 aliphatic carbocycles. The molecule has 3 fully saturated rings. The highest BCUT2D eigenvalue weighted by Gasteiger charge is 2.43. The molecule has 1 aromatic rings. The van der Waals surface area contributed by atoms with Gasteiger partial charge in [-0.05, 0) is 44.8 Å². The number of fused-ring (bicyclic) bond motifs is 1. The van der Waals surface area contributed by atoms with Gasteiger partial charge in [-0.1, -0.05) is 24.6 Å². The van der Waals surface area contributed by atoms with Crippen LogP contribution in [0.3, 0.4) is 0 Å². The van der Waals surface area contributed by atoms with Crippen LogP contribution in [0.5, 0.6) is 5.75 Å². The van der Waals surface area contributed by atoms with E-state index in [4.69, 9.17) is 14.2 Å². The van der Waals surface area contributed by atoms with Gasteiger partial charge in [0.15, 0.2) is 0 Å². The highest BCUT2D eigenvalue weighted by Crippen LogP contribution is 2.40. The van der Waals surface area contributed by atoms with E-state index in [1.54, 1.807) is 7.11 Å². The van der Waals surface area contributed by atoms with Crippen molar-refractivity contribution in [2.24, 2.45) is 11.8 Å². The smallest absolute Gasteiger partial charge is 0.313 e. The number of carbonyl (C=O) groups excluding carboxylic acids is 2. The normalized spacial score (nSPS) is 30.4. The van der Waals surface area contributed by atoms with Crippen LogP contribution < -0.4 is 4.74 Å². The van der Waals surface area contributed by atoms with Crippen molar-refractivity contribution in [3.63, 3.8) is 0 Å². The zero-order valence-electron chi connectivity index (χ0n) is 16.5. The van der Waals surface area contributed by atoms with Crippen LogP contribution in [0.4, 0.5) is 0 Å². The summed E-state index contributed by atoms with van der Waals surface area (Å²) in [6.45, 7) is 2.76. The van der Waals surface area contributed by atoms with Crippen LogP contribution in [0.1, 0.15) is 50.2 Å². The third-order valence-corrected chi connectivity index (χ3v) is 6.43. The Kier molecular flexibility index (Phi) is 5.85. The van der Waals surface area contributed by atoms with E-state index in [1.165, 1.54) is 19.3 Å². The van der Waals surface area contributed by atoms with Gasteiger partial charge in [-0.15, -0.1) is 0 Å². The molecule has 0 aromatic heterocycles. The first-order valence-corrected chi connectivity index (χ1v) is 10.4. The van der Waals surface area contributed by atoms with E-state index in [-0.39, 0.29) is 18.4 Å². The molecule has 0 bridgehead atoms. The van der Waals surface area contributed by atoms with Gasteiger partial charge in [0.2, 0.25) is 0 Å². The fourth-order valence-electron chi connectivity index (χ4n) is 5.01. The Morgan fingerprint density at radius 1 is 1.18 bits per heavy atom. The van der Waals surface area contributed by atoms with Crippen LogP contribution in [-0.4, -0.2) is 49.7 Å². The van der Waals surface area contributed by atoms with Crippen molar-refractivity contribution in [2.75, 3.05) is 26.8 Å². The average Bonchev–Trinajstić information content (AvgIpc) is 3.13. The summed E-state index contributed by atoms with van der Waals surface area (Å²) in [5, 5.41) is 0. The van der Waals surface area contributed by atoms with Gasteiger partial charge in [0.1, 0.15) is 17.8 Å². The first-order valence-electron chi connectivity index (χ1n) is 10.4. The maximum absolute atomic E-state index is 12.9. The molecular formula is C22H29NO5. The van der Waals surface area contributed by atoms with Crippen molar-refractivity contribution in [3.05, 3.63) is 29.8 Å². The number of hydrogen-bond donors (Lipinski definition) is 0. The summed E-state index contributed by atoms with van der Waals surface area (Å²) in [6.07, 6.45) is 5.39. The molecule has 6 nitrogen and oxygen atoms in total. The molecule has 3 aliphatic rings. The van der Waals surface area contributed by atoms with Crippen LogP contribution in [-0.2, 0) is 19.1 Å². The van der Waals surface area contributed by atoms with E-state index in [9.17, 15) is 9.59 Å². The number of cyclic esters (lactones) is 1. The molecule has 152 valence electrons. The number of carbonyl (C=O) groups is 2. The van der Waals surface area contributed by atoms with E-state index in [1.807, 2.05) is 24.3 Å². The third kappa shape index (κ3) is 3.88. The Morgan fingerprint density at radius 3 is 2.86 bits per heavy atom. The first-order chi connectivity index (χ1) is 13.7. The largest absolute Gasteiger partial charge is 0.496 e. The molecule has 0 saturated carbocycles. The van der Waals surface area contributed by atoms with Gasteiger partial charge in [-0.3, -0.25) is 14.5 Å². The monoisotopic (exact) mass is 387 g/mol. The summed E-state index contributed by atoms with van der Waals surface area (Å²) >= 11 is 0. The molecule has 3 aliphatic heterocycles. The number of nitrogens with zero attached hydrogens (tertiary/aromatic N) is 1. The van der Waals surface area contributed by atoms with Crippen LogP contribution in [0, 0.1) is 11.8 Å². The lowest BCUT2D eigenvalue weighted by Gasteiger charge is -2.44. The molecule has 4 rings (SSSR count). The standard InChI is InChI=1S/C22H29NO5/c1-26-19-10-3-2-8-16(19)21-17(13-20(24)28-21)22(25)27-14-15-7-6-12-23-11-5-4-9-18(15)23/h2-3,8,10,15,17-18,21H,4-7,9,11-14H2,1H3/t15-,17+,18-,21+/m1/s1. The van der Waals surface area contributed by atoms with Crippen molar-refractivity contribution in [1.29, 1.82) is 0 Å². The lowest BCUT2D eigenvalue weighted by atomic mass is 9.84. The molecule has 0 radical (unpaired) electrons. The summed E-state index contributed by atoms with van der Waals surface area (Å²) in [7, 11) is 1.57. The molecule has 1 aromatic carbocycles. The second-order valence-corrected chi connectivity index (χ2v) is 8.09. The number of benzene rings is 1. The number of ether oxygens (including phenoxy) is 3. The van der Waals surface area contributed by atoms with Crippen molar-refractivity contribution in [2.45, 2.75) is 50.7 Å². The molecule has 3 heterocycles. The Morgan fingerprint density at radius 2 is 2.00 bits per heavy atom. The average molecular weight is 387 g/mol. The summed E-state index contributed by atoms with van der Waals surface area (Å²) < 4.78 is 16.6. The van der Waals surface area contributed by atoms with Crippen molar-refractivity contribution in [3.8, 4) is 5.75 Å². The van der Waals surface area contributed by atoms with Gasteiger partial charge in [0, 0.05) is 17.5 Å². The minimum Gasteiger partial charge on any atom is -0.496 e. The molecule has 0 unspecified atom stereocenters. The molecule has 0 spiro atoms. The molecule has 0 amide bonds. The third-order valence-electron chi connectivity index (χ3n) is 6.43. The number of esters is 2. The van der Waals surface area contributed by atoms with Gasteiger partial charge in [0.05, 0.1) is 20.1 Å². The quantitative estimate of drug-likeness (QED) is 0.724. The Labute approximate surface area is 166 Å². The second-order valence-electron chi connectivity index (χ2n) is 8.09. The minimum absolute atomic E-state index is 0.0573. The van der Waals surface area contributed by atoms with Crippen molar-refractivity contribution in [1.82, 2.24) is 4.90 Å². The Bertz CT molecular complexity index is 719. The maximum Gasteiger partial charge on any atom is 0.313 e. The van der Waals surface area contributed by atoms with Crippen LogP contribution >= 0.6 is 0 Å². The van der Waals surface area contributed by atoms with Gasteiger partial charge in [-0.25, -0.2) is 0 Å². The van der Waals surface area contributed by atoms with Gasteiger partial charge < -0.3 is 14.2 Å². The summed E-state index contributed by atoms with van der Waals surface area (Å²) in [4.78, 5) is 27.4. The number of piperidine rings is 2.